The minimum Gasteiger partial charge on any atom is -0.330 e. The van der Waals surface area contributed by atoms with Gasteiger partial charge in [0.25, 0.3) is 0 Å². The Kier molecular flexibility index (Phi) is 2.89. The number of nitrogens with two attached hydrogens (primary N) is 1. The molecule has 0 saturated heterocycles. The first-order valence-electron chi connectivity index (χ1n) is 5.73. The maximum atomic E-state index is 5.59. The fraction of sp³-hybridized carbons (Fsp3) is 1.00. The highest BCUT2D eigenvalue weighted by molar-refractivity contribution is 4.90. The average molecular weight is 182 g/mol. The number of nitrogens with zero attached hydrogens (tertiary/aromatic N) is 1. The summed E-state index contributed by atoms with van der Waals surface area (Å²) in [6.45, 7) is 0.879. The largest absolute Gasteiger partial charge is 0.330 e. The Morgan fingerprint density at radius 1 is 1.15 bits per heavy atom. The van der Waals surface area contributed by atoms with E-state index in [1.165, 1.54) is 38.5 Å². The third kappa shape index (κ3) is 2.23. The van der Waals surface area contributed by atoms with Crippen molar-refractivity contribution in [1.82, 2.24) is 4.90 Å². The Hall–Kier alpha value is -0.0800. The van der Waals surface area contributed by atoms with Gasteiger partial charge in [-0.1, -0.05) is 0 Å². The Labute approximate surface area is 81.5 Å². The zero-order valence-electron chi connectivity index (χ0n) is 8.71. The van der Waals surface area contributed by atoms with Crippen molar-refractivity contribution < 1.29 is 0 Å². The minimum atomic E-state index is 0.879. The summed E-state index contributed by atoms with van der Waals surface area (Å²) in [6.07, 6.45) is 8.36. The molecule has 2 unspecified atom stereocenters. The molecule has 0 heterocycles. The first-order valence-corrected chi connectivity index (χ1v) is 5.73. The van der Waals surface area contributed by atoms with E-state index in [1.54, 1.807) is 0 Å². The van der Waals surface area contributed by atoms with Crippen LogP contribution in [0.1, 0.15) is 38.5 Å². The van der Waals surface area contributed by atoms with E-state index >= 15 is 0 Å². The molecule has 2 N–H and O–H groups in total. The van der Waals surface area contributed by atoms with Crippen LogP contribution in [0.25, 0.3) is 0 Å². The van der Waals surface area contributed by atoms with Gasteiger partial charge in [0, 0.05) is 12.1 Å². The molecular weight excluding hydrogens is 160 g/mol. The summed E-state index contributed by atoms with van der Waals surface area (Å²) in [6, 6.07) is 1.81. The van der Waals surface area contributed by atoms with Crippen LogP contribution < -0.4 is 5.73 Å². The van der Waals surface area contributed by atoms with Gasteiger partial charge in [-0.25, -0.2) is 0 Å². The molecule has 0 spiro atoms. The summed E-state index contributed by atoms with van der Waals surface area (Å²) >= 11 is 0. The van der Waals surface area contributed by atoms with Gasteiger partial charge in [-0.2, -0.15) is 0 Å². The predicted molar refractivity (Wildman–Crippen MR) is 55.6 cm³/mol. The second-order valence-electron chi connectivity index (χ2n) is 4.81. The van der Waals surface area contributed by atoms with Crippen molar-refractivity contribution >= 4 is 0 Å². The molecule has 2 atom stereocenters. The molecule has 0 aromatic carbocycles. The summed E-state index contributed by atoms with van der Waals surface area (Å²) in [4.78, 5) is 2.62. The van der Waals surface area contributed by atoms with Crippen molar-refractivity contribution in [3.63, 3.8) is 0 Å². The van der Waals surface area contributed by atoms with E-state index in [0.29, 0.717) is 0 Å². The molecule has 13 heavy (non-hydrogen) atoms. The molecule has 2 heteroatoms. The molecule has 0 bridgehead atoms. The number of rotatable bonds is 4. The van der Waals surface area contributed by atoms with Crippen LogP contribution in [0, 0.1) is 5.92 Å². The van der Waals surface area contributed by atoms with Crippen LogP contribution in [0.4, 0.5) is 0 Å². The first-order chi connectivity index (χ1) is 6.31. The fourth-order valence-corrected chi connectivity index (χ4v) is 2.70. The Morgan fingerprint density at radius 3 is 2.46 bits per heavy atom. The lowest BCUT2D eigenvalue weighted by molar-refractivity contribution is 0.229. The molecule has 2 aliphatic carbocycles. The lowest BCUT2D eigenvalue weighted by Crippen LogP contribution is -2.31. The molecule has 2 fully saturated rings. The average Bonchev–Trinajstić information content (AvgIpc) is 2.87. The van der Waals surface area contributed by atoms with Gasteiger partial charge < -0.3 is 10.6 Å². The minimum absolute atomic E-state index is 0.879. The topological polar surface area (TPSA) is 29.3 Å². The van der Waals surface area contributed by atoms with Crippen LogP contribution in [0.3, 0.4) is 0 Å². The molecule has 2 saturated carbocycles. The van der Waals surface area contributed by atoms with Crippen LogP contribution in [0.2, 0.25) is 0 Å². The summed E-state index contributed by atoms with van der Waals surface area (Å²) in [5, 5.41) is 0. The van der Waals surface area contributed by atoms with E-state index in [1.807, 2.05) is 0 Å². The van der Waals surface area contributed by atoms with Gasteiger partial charge in [0.1, 0.15) is 0 Å². The molecule has 0 aliphatic heterocycles. The SMILES string of the molecule is CN(C1CC1)C1CCC(CCN)C1. The van der Waals surface area contributed by atoms with Crippen molar-refractivity contribution in [3.8, 4) is 0 Å². The smallest absolute Gasteiger partial charge is 0.00978 e. The van der Waals surface area contributed by atoms with E-state index in [-0.39, 0.29) is 0 Å². The van der Waals surface area contributed by atoms with Crippen molar-refractivity contribution in [3.05, 3.63) is 0 Å². The van der Waals surface area contributed by atoms with Gasteiger partial charge in [-0.15, -0.1) is 0 Å². The number of hydrogen-bond donors (Lipinski definition) is 1. The monoisotopic (exact) mass is 182 g/mol. The number of hydrogen-bond acceptors (Lipinski definition) is 2. The van der Waals surface area contributed by atoms with Crippen LogP contribution >= 0.6 is 0 Å². The molecule has 2 nitrogen and oxygen atoms in total. The van der Waals surface area contributed by atoms with Crippen molar-refractivity contribution in [2.75, 3.05) is 13.6 Å². The second-order valence-corrected chi connectivity index (χ2v) is 4.81. The highest BCUT2D eigenvalue weighted by atomic mass is 15.2. The summed E-state index contributed by atoms with van der Waals surface area (Å²) in [5.41, 5.74) is 5.59. The first kappa shape index (κ1) is 9.47. The maximum Gasteiger partial charge on any atom is 0.00978 e. The van der Waals surface area contributed by atoms with E-state index in [9.17, 15) is 0 Å². The third-order valence-electron chi connectivity index (χ3n) is 3.79. The molecule has 0 aromatic rings. The van der Waals surface area contributed by atoms with Gasteiger partial charge in [0.05, 0.1) is 0 Å². The molecule has 0 aromatic heterocycles. The summed E-state index contributed by atoms with van der Waals surface area (Å²) in [7, 11) is 2.31. The van der Waals surface area contributed by atoms with Gasteiger partial charge >= 0.3 is 0 Å². The van der Waals surface area contributed by atoms with Gasteiger partial charge in [0.15, 0.2) is 0 Å². The third-order valence-corrected chi connectivity index (χ3v) is 3.79. The second kappa shape index (κ2) is 3.97. The van der Waals surface area contributed by atoms with Crippen LogP contribution in [0.15, 0.2) is 0 Å². The van der Waals surface area contributed by atoms with E-state index in [4.69, 9.17) is 5.73 Å². The van der Waals surface area contributed by atoms with E-state index in [0.717, 1.165) is 24.5 Å². The Bertz CT molecular complexity index is 165. The van der Waals surface area contributed by atoms with Crippen molar-refractivity contribution in [2.24, 2.45) is 11.7 Å². The lowest BCUT2D eigenvalue weighted by atomic mass is 10.0. The van der Waals surface area contributed by atoms with Crippen LogP contribution in [-0.4, -0.2) is 30.6 Å². The van der Waals surface area contributed by atoms with Crippen molar-refractivity contribution in [1.29, 1.82) is 0 Å². The quantitative estimate of drug-likeness (QED) is 0.715. The molecule has 76 valence electrons. The van der Waals surface area contributed by atoms with Gasteiger partial charge in [0.2, 0.25) is 0 Å². The fourth-order valence-electron chi connectivity index (χ4n) is 2.70. The summed E-state index contributed by atoms with van der Waals surface area (Å²) < 4.78 is 0. The normalized spacial score (nSPS) is 34.4. The lowest BCUT2D eigenvalue weighted by Gasteiger charge is -2.24. The molecule has 2 aliphatic rings. The molecule has 0 radical (unpaired) electrons. The molecule has 0 amide bonds. The highest BCUT2D eigenvalue weighted by Crippen LogP contribution is 2.36. The van der Waals surface area contributed by atoms with Crippen LogP contribution in [0.5, 0.6) is 0 Å². The van der Waals surface area contributed by atoms with E-state index in [2.05, 4.69) is 11.9 Å². The highest BCUT2D eigenvalue weighted by Gasteiger charge is 2.34. The Balaban J connectivity index is 1.76. The zero-order chi connectivity index (χ0) is 9.26. The van der Waals surface area contributed by atoms with E-state index < -0.39 is 0 Å². The molecular formula is C11H22N2. The summed E-state index contributed by atoms with van der Waals surface area (Å²) in [5.74, 6) is 0.927. The molecule has 2 rings (SSSR count). The van der Waals surface area contributed by atoms with Gasteiger partial charge in [-0.3, -0.25) is 0 Å². The maximum absolute atomic E-state index is 5.59. The predicted octanol–water partition coefficient (Wildman–Crippen LogP) is 1.60. The Morgan fingerprint density at radius 2 is 1.85 bits per heavy atom. The zero-order valence-corrected chi connectivity index (χ0v) is 8.71. The van der Waals surface area contributed by atoms with Gasteiger partial charge in [-0.05, 0) is 58.0 Å². The van der Waals surface area contributed by atoms with Crippen LogP contribution in [-0.2, 0) is 0 Å². The van der Waals surface area contributed by atoms with Crippen molar-refractivity contribution in [2.45, 2.75) is 50.6 Å². The standard InChI is InChI=1S/C11H22N2/c1-13(10-4-5-10)11-3-2-9(8-11)6-7-12/h9-11H,2-8,12H2,1H3.